The number of hydrogen-bond acceptors (Lipinski definition) is 4. The Hall–Kier alpha value is -1.91. The normalized spacial score (nSPS) is 16.8. The van der Waals surface area contributed by atoms with E-state index < -0.39 is 0 Å². The first-order chi connectivity index (χ1) is 9.11. The quantitative estimate of drug-likeness (QED) is 0.854. The number of anilines is 1. The van der Waals surface area contributed by atoms with Crippen LogP contribution in [0.2, 0.25) is 0 Å². The van der Waals surface area contributed by atoms with Crippen LogP contribution in [0.1, 0.15) is 26.7 Å². The number of aromatic nitrogens is 4. The second-order valence-electron chi connectivity index (χ2n) is 5.80. The molecule has 1 aliphatic rings. The summed E-state index contributed by atoms with van der Waals surface area (Å²) in [6.45, 7) is 5.46. The Balaban J connectivity index is 1.89. The summed E-state index contributed by atoms with van der Waals surface area (Å²) in [6.07, 6.45) is 2.54. The maximum absolute atomic E-state index is 5.71. The SMILES string of the molecule is CC(C)C1(Cn2nnnc2-c2ccc(N)cc2)CC1. The van der Waals surface area contributed by atoms with E-state index in [-0.39, 0.29) is 0 Å². The van der Waals surface area contributed by atoms with Crippen LogP contribution in [0.5, 0.6) is 0 Å². The Kier molecular flexibility index (Phi) is 2.77. The lowest BCUT2D eigenvalue weighted by molar-refractivity contribution is 0.294. The average molecular weight is 257 g/mol. The molecule has 1 aliphatic carbocycles. The summed E-state index contributed by atoms with van der Waals surface area (Å²) in [5.41, 5.74) is 7.86. The van der Waals surface area contributed by atoms with Crippen LogP contribution in [0.15, 0.2) is 24.3 Å². The summed E-state index contributed by atoms with van der Waals surface area (Å²) in [5.74, 6) is 1.49. The van der Waals surface area contributed by atoms with E-state index in [0.717, 1.165) is 23.6 Å². The summed E-state index contributed by atoms with van der Waals surface area (Å²) >= 11 is 0. The van der Waals surface area contributed by atoms with Gasteiger partial charge in [-0.2, -0.15) is 0 Å². The summed E-state index contributed by atoms with van der Waals surface area (Å²) in [4.78, 5) is 0. The third-order valence-corrected chi connectivity index (χ3v) is 4.28. The Bertz CT molecular complexity index is 566. The molecule has 100 valence electrons. The van der Waals surface area contributed by atoms with Crippen molar-refractivity contribution in [2.75, 3.05) is 5.73 Å². The number of nitrogens with zero attached hydrogens (tertiary/aromatic N) is 4. The zero-order chi connectivity index (χ0) is 13.5. The van der Waals surface area contributed by atoms with Crippen molar-refractivity contribution in [2.24, 2.45) is 11.3 Å². The first kappa shape index (κ1) is 12.1. The highest BCUT2D eigenvalue weighted by atomic mass is 15.5. The third-order valence-electron chi connectivity index (χ3n) is 4.28. The summed E-state index contributed by atoms with van der Waals surface area (Å²) < 4.78 is 1.93. The van der Waals surface area contributed by atoms with Crippen molar-refractivity contribution >= 4 is 5.69 Å². The molecule has 0 radical (unpaired) electrons. The van der Waals surface area contributed by atoms with Crippen molar-refractivity contribution in [1.29, 1.82) is 0 Å². The number of benzene rings is 1. The predicted octanol–water partition coefficient (Wildman–Crippen LogP) is 2.36. The number of hydrogen-bond donors (Lipinski definition) is 1. The molecule has 0 bridgehead atoms. The molecule has 0 aliphatic heterocycles. The van der Waals surface area contributed by atoms with Crippen molar-refractivity contribution in [1.82, 2.24) is 20.2 Å². The second-order valence-corrected chi connectivity index (χ2v) is 5.80. The van der Waals surface area contributed by atoms with Gasteiger partial charge in [0.25, 0.3) is 0 Å². The van der Waals surface area contributed by atoms with E-state index in [1.165, 1.54) is 12.8 Å². The van der Waals surface area contributed by atoms with E-state index in [4.69, 9.17) is 5.73 Å². The summed E-state index contributed by atoms with van der Waals surface area (Å²) in [6, 6.07) is 7.69. The molecule has 1 fully saturated rings. The molecule has 0 unspecified atom stereocenters. The van der Waals surface area contributed by atoms with Crippen molar-refractivity contribution in [2.45, 2.75) is 33.2 Å². The maximum atomic E-state index is 5.71. The van der Waals surface area contributed by atoms with Crippen molar-refractivity contribution < 1.29 is 0 Å². The van der Waals surface area contributed by atoms with E-state index in [1.54, 1.807) is 0 Å². The van der Waals surface area contributed by atoms with Crippen LogP contribution in [-0.2, 0) is 6.54 Å². The Morgan fingerprint density at radius 2 is 1.95 bits per heavy atom. The fraction of sp³-hybridized carbons (Fsp3) is 0.500. The van der Waals surface area contributed by atoms with E-state index in [2.05, 4.69) is 29.4 Å². The van der Waals surface area contributed by atoms with Crippen LogP contribution in [-0.4, -0.2) is 20.2 Å². The minimum Gasteiger partial charge on any atom is -0.399 e. The van der Waals surface area contributed by atoms with Gasteiger partial charge in [0.05, 0.1) is 6.54 Å². The highest BCUT2D eigenvalue weighted by Gasteiger charge is 2.46. The van der Waals surface area contributed by atoms with Crippen molar-refractivity contribution in [3.05, 3.63) is 24.3 Å². The van der Waals surface area contributed by atoms with Gasteiger partial charge in [-0.15, -0.1) is 5.10 Å². The van der Waals surface area contributed by atoms with Gasteiger partial charge in [-0.05, 0) is 58.9 Å². The van der Waals surface area contributed by atoms with E-state index >= 15 is 0 Å². The van der Waals surface area contributed by atoms with Gasteiger partial charge in [0.2, 0.25) is 0 Å². The highest BCUT2D eigenvalue weighted by molar-refractivity contribution is 5.58. The first-order valence-corrected chi connectivity index (χ1v) is 6.73. The van der Waals surface area contributed by atoms with Gasteiger partial charge in [0, 0.05) is 11.3 Å². The summed E-state index contributed by atoms with van der Waals surface area (Å²) in [7, 11) is 0. The van der Waals surface area contributed by atoms with Gasteiger partial charge < -0.3 is 5.73 Å². The molecule has 0 amide bonds. The molecule has 19 heavy (non-hydrogen) atoms. The fourth-order valence-electron chi connectivity index (χ4n) is 2.53. The van der Waals surface area contributed by atoms with Crippen LogP contribution in [0.4, 0.5) is 5.69 Å². The molecular formula is C14H19N5. The molecule has 5 nitrogen and oxygen atoms in total. The molecule has 1 heterocycles. The lowest BCUT2D eigenvalue weighted by atomic mass is 9.92. The standard InChI is InChI=1S/C14H19N5/c1-10(2)14(7-8-14)9-19-13(16-17-18-19)11-3-5-12(15)6-4-11/h3-6,10H,7-9,15H2,1-2H3. The van der Waals surface area contributed by atoms with Gasteiger partial charge in [-0.1, -0.05) is 13.8 Å². The molecule has 1 saturated carbocycles. The number of nitrogens with two attached hydrogens (primary N) is 1. The largest absolute Gasteiger partial charge is 0.399 e. The van der Waals surface area contributed by atoms with E-state index in [0.29, 0.717) is 11.3 Å². The average Bonchev–Trinajstić information content (AvgIpc) is 3.03. The highest BCUT2D eigenvalue weighted by Crippen LogP contribution is 2.53. The van der Waals surface area contributed by atoms with Gasteiger partial charge >= 0.3 is 0 Å². The Morgan fingerprint density at radius 1 is 1.26 bits per heavy atom. The molecular weight excluding hydrogens is 238 g/mol. The molecule has 1 aromatic carbocycles. The lowest BCUT2D eigenvalue weighted by Crippen LogP contribution is -2.19. The van der Waals surface area contributed by atoms with E-state index in [9.17, 15) is 0 Å². The van der Waals surface area contributed by atoms with Crippen LogP contribution in [0, 0.1) is 11.3 Å². The number of nitrogen functional groups attached to an aromatic ring is 1. The van der Waals surface area contributed by atoms with Crippen molar-refractivity contribution in [3.63, 3.8) is 0 Å². The number of rotatable bonds is 4. The van der Waals surface area contributed by atoms with Crippen LogP contribution in [0.3, 0.4) is 0 Å². The molecule has 2 N–H and O–H groups in total. The fourth-order valence-corrected chi connectivity index (χ4v) is 2.53. The molecule has 0 saturated heterocycles. The number of tetrazole rings is 1. The second kappa shape index (κ2) is 4.33. The van der Waals surface area contributed by atoms with Crippen molar-refractivity contribution in [3.8, 4) is 11.4 Å². The maximum Gasteiger partial charge on any atom is 0.182 e. The predicted molar refractivity (Wildman–Crippen MR) is 74.2 cm³/mol. The molecule has 3 rings (SSSR count). The monoisotopic (exact) mass is 257 g/mol. The molecule has 5 heteroatoms. The molecule has 0 atom stereocenters. The first-order valence-electron chi connectivity index (χ1n) is 6.73. The van der Waals surface area contributed by atoms with Crippen LogP contribution < -0.4 is 5.73 Å². The van der Waals surface area contributed by atoms with E-state index in [1.807, 2.05) is 28.9 Å². The van der Waals surface area contributed by atoms with Gasteiger partial charge in [-0.3, -0.25) is 0 Å². The van der Waals surface area contributed by atoms with Gasteiger partial charge in [0.1, 0.15) is 0 Å². The topological polar surface area (TPSA) is 69.6 Å². The zero-order valence-corrected chi connectivity index (χ0v) is 11.4. The van der Waals surface area contributed by atoms with Crippen LogP contribution in [0.25, 0.3) is 11.4 Å². The smallest absolute Gasteiger partial charge is 0.182 e. The van der Waals surface area contributed by atoms with Gasteiger partial charge in [0.15, 0.2) is 5.82 Å². The zero-order valence-electron chi connectivity index (χ0n) is 11.4. The van der Waals surface area contributed by atoms with Crippen LogP contribution >= 0.6 is 0 Å². The third kappa shape index (κ3) is 2.20. The minimum absolute atomic E-state index is 0.387. The van der Waals surface area contributed by atoms with Gasteiger partial charge in [-0.25, -0.2) is 4.68 Å². The Labute approximate surface area is 112 Å². The molecule has 1 aromatic heterocycles. The molecule has 2 aromatic rings. The molecule has 0 spiro atoms. The summed E-state index contributed by atoms with van der Waals surface area (Å²) in [5, 5.41) is 12.1. The lowest BCUT2D eigenvalue weighted by Gasteiger charge is -2.19. The minimum atomic E-state index is 0.387. The Morgan fingerprint density at radius 3 is 2.53 bits per heavy atom.